The van der Waals surface area contributed by atoms with Crippen molar-refractivity contribution in [3.8, 4) is 0 Å². The van der Waals surface area contributed by atoms with E-state index in [1.54, 1.807) is 0 Å². The molecule has 0 amide bonds. The molecular formula is C12H23NO. The molecular weight excluding hydrogens is 174 g/mol. The third-order valence-electron chi connectivity index (χ3n) is 3.65. The Kier molecular flexibility index (Phi) is 4.26. The van der Waals surface area contributed by atoms with Crippen molar-refractivity contribution in [2.24, 2.45) is 5.92 Å². The van der Waals surface area contributed by atoms with Crippen molar-refractivity contribution in [3.63, 3.8) is 0 Å². The second kappa shape index (κ2) is 5.72. The lowest BCUT2D eigenvalue weighted by Crippen LogP contribution is -2.42. The van der Waals surface area contributed by atoms with Gasteiger partial charge in [-0.05, 0) is 18.8 Å². The average Bonchev–Trinajstić information content (AvgIpc) is 2.25. The Morgan fingerprint density at radius 3 is 2.43 bits per heavy atom. The largest absolute Gasteiger partial charge is 0.363 e. The molecule has 0 bridgehead atoms. The molecule has 2 nitrogen and oxygen atoms in total. The lowest BCUT2D eigenvalue weighted by Gasteiger charge is -2.33. The van der Waals surface area contributed by atoms with Crippen LogP contribution in [0, 0.1) is 5.92 Å². The third-order valence-corrected chi connectivity index (χ3v) is 3.65. The predicted octanol–water partition coefficient (Wildman–Crippen LogP) is 2.68. The molecule has 2 unspecified atom stereocenters. The van der Waals surface area contributed by atoms with Gasteiger partial charge in [0, 0.05) is 6.54 Å². The summed E-state index contributed by atoms with van der Waals surface area (Å²) in [6, 6.07) is 0. The molecule has 14 heavy (non-hydrogen) atoms. The Labute approximate surface area is 87.4 Å². The molecule has 0 spiro atoms. The van der Waals surface area contributed by atoms with E-state index in [9.17, 15) is 0 Å². The molecule has 1 aliphatic carbocycles. The van der Waals surface area contributed by atoms with Crippen LogP contribution in [0.25, 0.3) is 0 Å². The van der Waals surface area contributed by atoms with Crippen LogP contribution in [0.15, 0.2) is 0 Å². The van der Waals surface area contributed by atoms with Crippen molar-refractivity contribution >= 4 is 0 Å². The molecule has 1 aliphatic heterocycles. The highest BCUT2D eigenvalue weighted by molar-refractivity contribution is 4.76. The second-order valence-corrected chi connectivity index (χ2v) is 4.76. The van der Waals surface area contributed by atoms with E-state index in [-0.39, 0.29) is 0 Å². The smallest absolute Gasteiger partial charge is 0.0969 e. The maximum atomic E-state index is 5.80. The zero-order chi connectivity index (χ0) is 9.64. The van der Waals surface area contributed by atoms with Crippen LogP contribution in [0.3, 0.4) is 0 Å². The fraction of sp³-hybridized carbons (Fsp3) is 1.00. The SMILES string of the molecule is C1CCCCC2OCNCC2CCC1. The molecule has 1 heterocycles. The summed E-state index contributed by atoms with van der Waals surface area (Å²) in [5.41, 5.74) is 0. The molecule has 0 aromatic carbocycles. The summed E-state index contributed by atoms with van der Waals surface area (Å²) < 4.78 is 5.80. The number of hydrogen-bond acceptors (Lipinski definition) is 2. The molecule has 0 aromatic rings. The molecule has 1 N–H and O–H groups in total. The highest BCUT2D eigenvalue weighted by Gasteiger charge is 2.25. The standard InChI is InChI=1S/C12H23NO/c1-2-4-6-8-12-11(7-5-3-1)9-13-10-14-12/h11-13H,1-10H2. The van der Waals surface area contributed by atoms with Gasteiger partial charge < -0.3 is 4.74 Å². The van der Waals surface area contributed by atoms with Crippen molar-refractivity contribution in [1.82, 2.24) is 5.32 Å². The minimum absolute atomic E-state index is 0.564. The maximum Gasteiger partial charge on any atom is 0.0969 e. The van der Waals surface area contributed by atoms with Crippen molar-refractivity contribution in [2.45, 2.75) is 57.5 Å². The number of nitrogens with one attached hydrogen (secondary N) is 1. The molecule has 2 rings (SSSR count). The summed E-state index contributed by atoms with van der Waals surface area (Å²) in [5.74, 6) is 0.793. The van der Waals surface area contributed by atoms with E-state index in [2.05, 4.69) is 5.32 Å². The van der Waals surface area contributed by atoms with Crippen LogP contribution in [0.5, 0.6) is 0 Å². The van der Waals surface area contributed by atoms with Gasteiger partial charge in [0.2, 0.25) is 0 Å². The van der Waals surface area contributed by atoms with Gasteiger partial charge in [0.1, 0.15) is 0 Å². The summed E-state index contributed by atoms with van der Waals surface area (Å²) in [5, 5.41) is 3.35. The van der Waals surface area contributed by atoms with Crippen molar-refractivity contribution < 1.29 is 4.74 Å². The van der Waals surface area contributed by atoms with Crippen molar-refractivity contribution in [1.29, 1.82) is 0 Å². The third kappa shape index (κ3) is 2.96. The second-order valence-electron chi connectivity index (χ2n) is 4.76. The Morgan fingerprint density at radius 1 is 0.857 bits per heavy atom. The minimum Gasteiger partial charge on any atom is -0.363 e. The first-order valence-corrected chi connectivity index (χ1v) is 6.29. The molecule has 2 atom stereocenters. The molecule has 1 saturated heterocycles. The van der Waals surface area contributed by atoms with Crippen LogP contribution < -0.4 is 5.32 Å². The van der Waals surface area contributed by atoms with Gasteiger partial charge in [-0.3, -0.25) is 5.32 Å². The minimum atomic E-state index is 0.564. The van der Waals surface area contributed by atoms with E-state index in [1.165, 1.54) is 57.9 Å². The molecule has 2 fully saturated rings. The first kappa shape index (κ1) is 10.4. The van der Waals surface area contributed by atoms with Gasteiger partial charge in [-0.15, -0.1) is 0 Å². The maximum absolute atomic E-state index is 5.80. The summed E-state index contributed by atoms with van der Waals surface area (Å²) >= 11 is 0. The summed E-state index contributed by atoms with van der Waals surface area (Å²) in [4.78, 5) is 0. The van der Waals surface area contributed by atoms with E-state index < -0.39 is 0 Å². The molecule has 82 valence electrons. The van der Waals surface area contributed by atoms with Crippen LogP contribution in [-0.4, -0.2) is 19.4 Å². The molecule has 0 aromatic heterocycles. The quantitative estimate of drug-likeness (QED) is 0.644. The summed E-state index contributed by atoms with van der Waals surface area (Å²) in [6.45, 7) is 1.96. The topological polar surface area (TPSA) is 21.3 Å². The highest BCUT2D eigenvalue weighted by Crippen LogP contribution is 2.25. The van der Waals surface area contributed by atoms with Gasteiger partial charge in [0.15, 0.2) is 0 Å². The Bertz CT molecular complexity index is 142. The zero-order valence-electron chi connectivity index (χ0n) is 9.13. The van der Waals surface area contributed by atoms with Gasteiger partial charge in [0.05, 0.1) is 12.8 Å². The lowest BCUT2D eigenvalue weighted by atomic mass is 9.89. The predicted molar refractivity (Wildman–Crippen MR) is 58.2 cm³/mol. The fourth-order valence-corrected chi connectivity index (χ4v) is 2.74. The number of fused-ring (bicyclic) bond motifs is 1. The van der Waals surface area contributed by atoms with E-state index in [1.807, 2.05) is 0 Å². The normalized spacial score (nSPS) is 36.0. The monoisotopic (exact) mass is 197 g/mol. The van der Waals surface area contributed by atoms with Gasteiger partial charge >= 0.3 is 0 Å². The zero-order valence-corrected chi connectivity index (χ0v) is 9.13. The summed E-state index contributed by atoms with van der Waals surface area (Å²) in [6.07, 6.45) is 11.8. The lowest BCUT2D eigenvalue weighted by molar-refractivity contribution is -0.0413. The van der Waals surface area contributed by atoms with E-state index in [4.69, 9.17) is 4.74 Å². The van der Waals surface area contributed by atoms with Crippen LogP contribution in [0.1, 0.15) is 51.4 Å². The number of hydrogen-bond donors (Lipinski definition) is 1. The molecule has 0 radical (unpaired) electrons. The van der Waals surface area contributed by atoms with E-state index in [0.717, 1.165) is 12.6 Å². The van der Waals surface area contributed by atoms with Crippen LogP contribution in [-0.2, 0) is 4.74 Å². The first-order valence-electron chi connectivity index (χ1n) is 6.29. The fourth-order valence-electron chi connectivity index (χ4n) is 2.74. The van der Waals surface area contributed by atoms with Crippen LogP contribution in [0.4, 0.5) is 0 Å². The van der Waals surface area contributed by atoms with Gasteiger partial charge in [-0.2, -0.15) is 0 Å². The molecule has 2 heteroatoms. The molecule has 2 aliphatic rings. The Balaban J connectivity index is 1.84. The Morgan fingerprint density at radius 2 is 1.57 bits per heavy atom. The van der Waals surface area contributed by atoms with Gasteiger partial charge in [-0.1, -0.05) is 38.5 Å². The summed E-state index contributed by atoms with van der Waals surface area (Å²) in [7, 11) is 0. The average molecular weight is 197 g/mol. The van der Waals surface area contributed by atoms with Gasteiger partial charge in [-0.25, -0.2) is 0 Å². The number of rotatable bonds is 0. The molecule has 1 saturated carbocycles. The van der Waals surface area contributed by atoms with Crippen LogP contribution in [0.2, 0.25) is 0 Å². The van der Waals surface area contributed by atoms with Gasteiger partial charge in [0.25, 0.3) is 0 Å². The van der Waals surface area contributed by atoms with Crippen molar-refractivity contribution in [2.75, 3.05) is 13.3 Å². The van der Waals surface area contributed by atoms with Crippen molar-refractivity contribution in [3.05, 3.63) is 0 Å². The Hall–Kier alpha value is -0.0800. The van der Waals surface area contributed by atoms with E-state index in [0.29, 0.717) is 6.10 Å². The van der Waals surface area contributed by atoms with Crippen LogP contribution >= 0.6 is 0 Å². The highest BCUT2D eigenvalue weighted by atomic mass is 16.5. The first-order chi connectivity index (χ1) is 6.97. The number of ether oxygens (including phenoxy) is 1. The van der Waals surface area contributed by atoms with E-state index >= 15 is 0 Å².